The topological polar surface area (TPSA) is 115 Å². The van der Waals surface area contributed by atoms with Crippen LogP contribution in [0.25, 0.3) is 4.96 Å². The van der Waals surface area contributed by atoms with E-state index in [4.69, 9.17) is 10.3 Å². The van der Waals surface area contributed by atoms with Crippen LogP contribution in [0.4, 0.5) is 5.13 Å². The monoisotopic (exact) mass is 319 g/mol. The highest BCUT2D eigenvalue weighted by molar-refractivity contribution is 7.20. The Morgan fingerprint density at radius 2 is 2.36 bits per heavy atom. The summed E-state index contributed by atoms with van der Waals surface area (Å²) in [7, 11) is 0. The lowest BCUT2D eigenvalue weighted by atomic mass is 10.2. The van der Waals surface area contributed by atoms with Crippen LogP contribution in [0.1, 0.15) is 41.1 Å². The van der Waals surface area contributed by atoms with Gasteiger partial charge in [-0.2, -0.15) is 4.98 Å². The highest BCUT2D eigenvalue weighted by Crippen LogP contribution is 2.37. The Balaban J connectivity index is 1.67. The van der Waals surface area contributed by atoms with Gasteiger partial charge < -0.3 is 15.2 Å². The molecule has 0 aromatic carbocycles. The second-order valence-electron chi connectivity index (χ2n) is 5.17. The van der Waals surface area contributed by atoms with E-state index in [9.17, 15) is 4.79 Å². The third-order valence-electron chi connectivity index (χ3n) is 3.60. The number of aromatic nitrogens is 5. The van der Waals surface area contributed by atoms with Gasteiger partial charge >= 0.3 is 0 Å². The second-order valence-corrected chi connectivity index (χ2v) is 6.10. The zero-order valence-electron chi connectivity index (χ0n) is 11.8. The van der Waals surface area contributed by atoms with Crippen LogP contribution in [0.15, 0.2) is 10.7 Å². The van der Waals surface area contributed by atoms with Crippen molar-refractivity contribution in [3.05, 3.63) is 23.6 Å². The summed E-state index contributed by atoms with van der Waals surface area (Å²) < 4.78 is 6.96. The number of hydrogen-bond acceptors (Lipinski definition) is 8. The van der Waals surface area contributed by atoms with Gasteiger partial charge in [0.2, 0.25) is 16.0 Å². The van der Waals surface area contributed by atoms with Gasteiger partial charge in [-0.15, -0.1) is 5.10 Å². The molecule has 3 aromatic rings. The smallest absolute Gasteiger partial charge is 0.290 e. The van der Waals surface area contributed by atoms with Crippen LogP contribution in [-0.2, 0) is 0 Å². The molecule has 3 aromatic heterocycles. The number of primary amides is 1. The van der Waals surface area contributed by atoms with Gasteiger partial charge in [-0.3, -0.25) is 4.79 Å². The van der Waals surface area contributed by atoms with E-state index < -0.39 is 5.91 Å². The van der Waals surface area contributed by atoms with Crippen LogP contribution >= 0.6 is 11.3 Å². The molecule has 1 aliphatic rings. The van der Waals surface area contributed by atoms with Crippen LogP contribution in [-0.4, -0.2) is 37.2 Å². The Morgan fingerprint density at radius 1 is 1.50 bits per heavy atom. The lowest BCUT2D eigenvalue weighted by molar-refractivity contribution is 0.0987. The van der Waals surface area contributed by atoms with Gasteiger partial charge in [-0.25, -0.2) is 9.50 Å². The summed E-state index contributed by atoms with van der Waals surface area (Å²) >= 11 is 1.51. The fourth-order valence-corrected chi connectivity index (χ4v) is 3.64. The number of imidazole rings is 1. The first kappa shape index (κ1) is 13.2. The quantitative estimate of drug-likeness (QED) is 0.763. The van der Waals surface area contributed by atoms with Crippen LogP contribution < -0.4 is 10.6 Å². The molecule has 4 rings (SSSR count). The van der Waals surface area contributed by atoms with Gasteiger partial charge in [0, 0.05) is 6.54 Å². The number of carbonyl (C=O) groups excluding carboxylic acids is 1. The summed E-state index contributed by atoms with van der Waals surface area (Å²) in [5.41, 5.74) is 6.10. The summed E-state index contributed by atoms with van der Waals surface area (Å²) in [4.78, 5) is 22.5. The zero-order chi connectivity index (χ0) is 15.3. The van der Waals surface area contributed by atoms with Gasteiger partial charge in [-0.1, -0.05) is 16.5 Å². The molecule has 0 unspecified atom stereocenters. The van der Waals surface area contributed by atoms with Crippen molar-refractivity contribution in [2.45, 2.75) is 25.8 Å². The molecule has 0 aliphatic carbocycles. The van der Waals surface area contributed by atoms with Gasteiger partial charge in [0.05, 0.1) is 11.9 Å². The van der Waals surface area contributed by atoms with Crippen LogP contribution in [0.5, 0.6) is 0 Å². The molecule has 1 saturated heterocycles. The average Bonchev–Trinajstić information content (AvgIpc) is 3.19. The lowest BCUT2D eigenvalue weighted by Gasteiger charge is -2.19. The Morgan fingerprint density at radius 3 is 3.09 bits per heavy atom. The SMILES string of the molecule is Cc1cn2nc(N3CCC[C@H]3c3nc(C(N)=O)no3)sc2n1. The first-order valence-corrected chi connectivity index (χ1v) is 7.66. The summed E-state index contributed by atoms with van der Waals surface area (Å²) in [6, 6.07) is -0.0856. The molecule has 4 heterocycles. The molecular formula is C12H13N7O2S. The highest BCUT2D eigenvalue weighted by atomic mass is 32.1. The number of rotatable bonds is 3. The molecule has 0 spiro atoms. The maximum Gasteiger partial charge on any atom is 0.290 e. The van der Waals surface area contributed by atoms with Gasteiger partial charge in [0.15, 0.2) is 0 Å². The first-order valence-electron chi connectivity index (χ1n) is 6.84. The maximum atomic E-state index is 11.1. The molecule has 1 aliphatic heterocycles. The van der Waals surface area contributed by atoms with Crippen molar-refractivity contribution in [1.29, 1.82) is 0 Å². The minimum atomic E-state index is -0.692. The number of hydrogen-bond donors (Lipinski definition) is 1. The van der Waals surface area contributed by atoms with Crippen molar-refractivity contribution < 1.29 is 9.32 Å². The minimum Gasteiger partial charge on any atom is -0.363 e. The van der Waals surface area contributed by atoms with E-state index in [-0.39, 0.29) is 11.9 Å². The lowest BCUT2D eigenvalue weighted by Crippen LogP contribution is -2.23. The second kappa shape index (κ2) is 4.77. The Hall–Kier alpha value is -2.49. The molecule has 22 heavy (non-hydrogen) atoms. The van der Waals surface area contributed by atoms with E-state index in [1.165, 1.54) is 11.3 Å². The van der Waals surface area contributed by atoms with Gasteiger partial charge in [0.1, 0.15) is 6.04 Å². The molecule has 1 fully saturated rings. The van der Waals surface area contributed by atoms with Crippen molar-refractivity contribution >= 4 is 27.3 Å². The third-order valence-corrected chi connectivity index (χ3v) is 4.56. The molecule has 10 heteroatoms. The molecule has 0 saturated carbocycles. The van der Waals surface area contributed by atoms with Crippen LogP contribution in [0.3, 0.4) is 0 Å². The first-order chi connectivity index (χ1) is 10.6. The van der Waals surface area contributed by atoms with Crippen molar-refractivity contribution in [1.82, 2.24) is 24.7 Å². The van der Waals surface area contributed by atoms with Crippen LogP contribution in [0.2, 0.25) is 0 Å². The fraction of sp³-hybridized carbons (Fsp3) is 0.417. The Labute approximate surface area is 128 Å². The molecular weight excluding hydrogens is 306 g/mol. The van der Waals surface area contributed by atoms with E-state index in [1.54, 1.807) is 4.52 Å². The molecule has 9 nitrogen and oxygen atoms in total. The van der Waals surface area contributed by atoms with Crippen molar-refractivity contribution in [3.63, 3.8) is 0 Å². The predicted octanol–water partition coefficient (Wildman–Crippen LogP) is 0.923. The highest BCUT2D eigenvalue weighted by Gasteiger charge is 2.33. The summed E-state index contributed by atoms with van der Waals surface area (Å²) in [5, 5.41) is 9.01. The summed E-state index contributed by atoms with van der Waals surface area (Å²) in [5.74, 6) is -0.385. The number of nitrogens with two attached hydrogens (primary N) is 1. The molecule has 114 valence electrons. The van der Waals surface area contributed by atoms with E-state index >= 15 is 0 Å². The number of carbonyl (C=O) groups is 1. The number of anilines is 1. The average molecular weight is 319 g/mol. The van der Waals surface area contributed by atoms with Crippen LogP contribution in [0, 0.1) is 6.92 Å². The van der Waals surface area contributed by atoms with E-state index in [0.717, 1.165) is 35.2 Å². The molecule has 1 amide bonds. The number of nitrogens with zero attached hydrogens (tertiary/aromatic N) is 6. The molecule has 0 bridgehead atoms. The predicted molar refractivity (Wildman–Crippen MR) is 77.7 cm³/mol. The number of amides is 1. The van der Waals surface area contributed by atoms with E-state index in [0.29, 0.717) is 5.89 Å². The van der Waals surface area contributed by atoms with Gasteiger partial charge in [0.25, 0.3) is 11.7 Å². The third kappa shape index (κ3) is 2.03. The minimum absolute atomic E-state index is 0.0856. The van der Waals surface area contributed by atoms with E-state index in [2.05, 4.69) is 25.1 Å². The van der Waals surface area contributed by atoms with Crippen molar-refractivity contribution in [2.75, 3.05) is 11.4 Å². The number of aryl methyl sites for hydroxylation is 1. The maximum absolute atomic E-state index is 11.1. The summed E-state index contributed by atoms with van der Waals surface area (Å²) in [6.45, 7) is 2.78. The Bertz CT molecular complexity index is 819. The van der Waals surface area contributed by atoms with Gasteiger partial charge in [-0.05, 0) is 19.8 Å². The zero-order valence-corrected chi connectivity index (χ0v) is 12.6. The van der Waals surface area contributed by atoms with Crippen molar-refractivity contribution in [3.8, 4) is 0 Å². The van der Waals surface area contributed by atoms with E-state index in [1.807, 2.05) is 13.1 Å². The molecule has 2 N–H and O–H groups in total. The number of fused-ring (bicyclic) bond motifs is 1. The largest absolute Gasteiger partial charge is 0.363 e. The standard InChI is InChI=1S/C12H13N7O2S/c1-6-5-19-11(14-6)22-12(16-19)18-4-2-3-7(18)10-15-9(8(13)20)17-21-10/h5,7H,2-4H2,1H3,(H2,13,20)/t7-/m0/s1. The fourth-order valence-electron chi connectivity index (χ4n) is 2.64. The molecule has 1 atom stereocenters. The summed E-state index contributed by atoms with van der Waals surface area (Å²) in [6.07, 6.45) is 3.74. The molecule has 0 radical (unpaired) electrons. The normalized spacial score (nSPS) is 18.4. The Kier molecular flexibility index (Phi) is 2.86. The van der Waals surface area contributed by atoms with Crippen molar-refractivity contribution in [2.24, 2.45) is 5.73 Å².